The number of amides is 1. The van der Waals surface area contributed by atoms with Gasteiger partial charge in [-0.15, -0.1) is 0 Å². The summed E-state index contributed by atoms with van der Waals surface area (Å²) in [5.74, 6) is -0.132. The number of rotatable bonds is 2. The van der Waals surface area contributed by atoms with Crippen molar-refractivity contribution in [1.29, 1.82) is 0 Å². The Bertz CT molecular complexity index is 374. The summed E-state index contributed by atoms with van der Waals surface area (Å²) in [4.78, 5) is 11.5. The quantitative estimate of drug-likeness (QED) is 0.737. The molecule has 0 radical (unpaired) electrons. The SMILES string of the molecule is CCc1ccc2c(c1)C(CN)C(=O)N2. The molecule has 14 heavy (non-hydrogen) atoms. The lowest BCUT2D eigenvalue weighted by atomic mass is 9.98. The molecule has 1 heterocycles. The largest absolute Gasteiger partial charge is 0.329 e. The van der Waals surface area contributed by atoms with Gasteiger partial charge in [-0.05, 0) is 23.6 Å². The lowest BCUT2D eigenvalue weighted by Gasteiger charge is -2.05. The van der Waals surface area contributed by atoms with Crippen molar-refractivity contribution in [3.63, 3.8) is 0 Å². The van der Waals surface area contributed by atoms with Crippen molar-refractivity contribution in [2.24, 2.45) is 5.73 Å². The number of aryl methyl sites for hydroxylation is 1. The van der Waals surface area contributed by atoms with Crippen LogP contribution < -0.4 is 11.1 Å². The van der Waals surface area contributed by atoms with Crippen LogP contribution in [0.15, 0.2) is 18.2 Å². The zero-order chi connectivity index (χ0) is 10.1. The van der Waals surface area contributed by atoms with E-state index < -0.39 is 0 Å². The van der Waals surface area contributed by atoms with E-state index in [0.717, 1.165) is 17.7 Å². The van der Waals surface area contributed by atoms with Gasteiger partial charge in [0.1, 0.15) is 0 Å². The highest BCUT2D eigenvalue weighted by atomic mass is 16.2. The van der Waals surface area contributed by atoms with Crippen molar-refractivity contribution in [3.05, 3.63) is 29.3 Å². The minimum atomic E-state index is -0.156. The van der Waals surface area contributed by atoms with Crippen molar-refractivity contribution < 1.29 is 4.79 Å². The molecule has 3 N–H and O–H groups in total. The van der Waals surface area contributed by atoms with Crippen LogP contribution in [0.5, 0.6) is 0 Å². The second-order valence-electron chi connectivity index (χ2n) is 3.55. The topological polar surface area (TPSA) is 55.1 Å². The Hall–Kier alpha value is -1.35. The Balaban J connectivity index is 2.44. The summed E-state index contributed by atoms with van der Waals surface area (Å²) in [7, 11) is 0. The molecule has 1 unspecified atom stereocenters. The number of carbonyl (C=O) groups excluding carboxylic acids is 1. The van der Waals surface area contributed by atoms with Gasteiger partial charge < -0.3 is 11.1 Å². The van der Waals surface area contributed by atoms with Gasteiger partial charge in [0, 0.05) is 12.2 Å². The van der Waals surface area contributed by atoms with Crippen LogP contribution in [0.1, 0.15) is 24.0 Å². The highest BCUT2D eigenvalue weighted by Crippen LogP contribution is 2.32. The van der Waals surface area contributed by atoms with Crippen LogP contribution in [-0.4, -0.2) is 12.5 Å². The van der Waals surface area contributed by atoms with Gasteiger partial charge in [0.05, 0.1) is 5.92 Å². The Labute approximate surface area is 83.3 Å². The van der Waals surface area contributed by atoms with E-state index in [2.05, 4.69) is 18.3 Å². The molecule has 74 valence electrons. The molecule has 1 aromatic carbocycles. The van der Waals surface area contributed by atoms with Crippen LogP contribution in [-0.2, 0) is 11.2 Å². The first-order valence-electron chi connectivity index (χ1n) is 4.90. The van der Waals surface area contributed by atoms with E-state index in [1.54, 1.807) is 0 Å². The Morgan fingerprint density at radius 3 is 2.93 bits per heavy atom. The molecule has 0 saturated heterocycles. The molecule has 1 aromatic rings. The van der Waals surface area contributed by atoms with E-state index in [-0.39, 0.29) is 11.8 Å². The molecule has 3 nitrogen and oxygen atoms in total. The van der Waals surface area contributed by atoms with Crippen LogP contribution in [0.25, 0.3) is 0 Å². The zero-order valence-corrected chi connectivity index (χ0v) is 8.21. The van der Waals surface area contributed by atoms with Crippen LogP contribution in [0.2, 0.25) is 0 Å². The molecule has 1 aliphatic rings. The normalized spacial score (nSPS) is 19.3. The summed E-state index contributed by atoms with van der Waals surface area (Å²) >= 11 is 0. The van der Waals surface area contributed by atoms with Crippen molar-refractivity contribution >= 4 is 11.6 Å². The second kappa shape index (κ2) is 3.42. The van der Waals surface area contributed by atoms with Crippen LogP contribution in [0.4, 0.5) is 5.69 Å². The maximum Gasteiger partial charge on any atom is 0.233 e. The third-order valence-corrected chi connectivity index (χ3v) is 2.71. The summed E-state index contributed by atoms with van der Waals surface area (Å²) in [5.41, 5.74) is 8.79. The molecule has 2 rings (SSSR count). The fourth-order valence-corrected chi connectivity index (χ4v) is 1.83. The van der Waals surface area contributed by atoms with Gasteiger partial charge in [-0.2, -0.15) is 0 Å². The third kappa shape index (κ3) is 1.30. The van der Waals surface area contributed by atoms with E-state index in [9.17, 15) is 4.79 Å². The molecule has 0 bridgehead atoms. The lowest BCUT2D eigenvalue weighted by Crippen LogP contribution is -2.20. The van der Waals surface area contributed by atoms with E-state index in [0.29, 0.717) is 6.54 Å². The highest BCUT2D eigenvalue weighted by molar-refractivity contribution is 6.03. The maximum absolute atomic E-state index is 11.5. The third-order valence-electron chi connectivity index (χ3n) is 2.71. The fraction of sp³-hybridized carbons (Fsp3) is 0.364. The second-order valence-corrected chi connectivity index (χ2v) is 3.55. The fourth-order valence-electron chi connectivity index (χ4n) is 1.83. The standard InChI is InChI=1S/C11H14N2O/c1-2-7-3-4-10-8(5-7)9(6-12)11(14)13-10/h3-5,9H,2,6,12H2,1H3,(H,13,14). The molecule has 0 fully saturated rings. The first-order chi connectivity index (χ1) is 6.76. The van der Waals surface area contributed by atoms with Crippen LogP contribution >= 0.6 is 0 Å². The predicted molar refractivity (Wildman–Crippen MR) is 56.2 cm³/mol. The van der Waals surface area contributed by atoms with E-state index in [4.69, 9.17) is 5.73 Å². The van der Waals surface area contributed by atoms with E-state index >= 15 is 0 Å². The number of hydrogen-bond acceptors (Lipinski definition) is 2. The predicted octanol–water partition coefficient (Wildman–Crippen LogP) is 1.24. The van der Waals surface area contributed by atoms with Crippen molar-refractivity contribution in [1.82, 2.24) is 0 Å². The lowest BCUT2D eigenvalue weighted by molar-refractivity contribution is -0.116. The summed E-state index contributed by atoms with van der Waals surface area (Å²) in [6, 6.07) is 6.07. The maximum atomic E-state index is 11.5. The molecule has 0 spiro atoms. The zero-order valence-electron chi connectivity index (χ0n) is 8.21. The summed E-state index contributed by atoms with van der Waals surface area (Å²) in [6.45, 7) is 2.48. The molecule has 0 aliphatic carbocycles. The van der Waals surface area contributed by atoms with Crippen molar-refractivity contribution in [2.45, 2.75) is 19.3 Å². The molecular formula is C11H14N2O. The number of nitrogens with one attached hydrogen (secondary N) is 1. The Morgan fingerprint density at radius 1 is 1.50 bits per heavy atom. The summed E-state index contributed by atoms with van der Waals surface area (Å²) in [5, 5.41) is 2.83. The first kappa shape index (κ1) is 9.21. The molecule has 3 heteroatoms. The van der Waals surface area contributed by atoms with Gasteiger partial charge in [0.25, 0.3) is 0 Å². The first-order valence-corrected chi connectivity index (χ1v) is 4.90. The summed E-state index contributed by atoms with van der Waals surface area (Å²) in [6.07, 6.45) is 0.985. The van der Waals surface area contributed by atoms with E-state index in [1.807, 2.05) is 12.1 Å². The molecule has 0 aromatic heterocycles. The molecule has 1 atom stereocenters. The van der Waals surface area contributed by atoms with Gasteiger partial charge in [-0.3, -0.25) is 4.79 Å². The minimum Gasteiger partial charge on any atom is -0.329 e. The Morgan fingerprint density at radius 2 is 2.29 bits per heavy atom. The van der Waals surface area contributed by atoms with Crippen molar-refractivity contribution in [3.8, 4) is 0 Å². The highest BCUT2D eigenvalue weighted by Gasteiger charge is 2.28. The van der Waals surface area contributed by atoms with Gasteiger partial charge in [-0.1, -0.05) is 19.1 Å². The minimum absolute atomic E-state index is 0.0238. The smallest absolute Gasteiger partial charge is 0.233 e. The number of nitrogens with two attached hydrogens (primary N) is 1. The number of fused-ring (bicyclic) bond motifs is 1. The molecule has 1 aliphatic heterocycles. The van der Waals surface area contributed by atoms with Crippen molar-refractivity contribution in [2.75, 3.05) is 11.9 Å². The Kier molecular flexibility index (Phi) is 2.25. The number of benzene rings is 1. The van der Waals surface area contributed by atoms with E-state index in [1.165, 1.54) is 5.56 Å². The van der Waals surface area contributed by atoms with Crippen LogP contribution in [0, 0.1) is 0 Å². The molecule has 1 amide bonds. The van der Waals surface area contributed by atoms with Crippen LogP contribution in [0.3, 0.4) is 0 Å². The number of carbonyl (C=O) groups is 1. The van der Waals surface area contributed by atoms with Gasteiger partial charge in [0.15, 0.2) is 0 Å². The number of hydrogen-bond donors (Lipinski definition) is 2. The summed E-state index contributed by atoms with van der Waals surface area (Å²) < 4.78 is 0. The molecular weight excluding hydrogens is 176 g/mol. The number of anilines is 1. The monoisotopic (exact) mass is 190 g/mol. The average Bonchev–Trinajstić information content (AvgIpc) is 2.52. The van der Waals surface area contributed by atoms with Gasteiger partial charge >= 0.3 is 0 Å². The molecule has 0 saturated carbocycles. The average molecular weight is 190 g/mol. The van der Waals surface area contributed by atoms with Gasteiger partial charge in [-0.25, -0.2) is 0 Å². The van der Waals surface area contributed by atoms with Gasteiger partial charge in [0.2, 0.25) is 5.91 Å².